The molecule has 0 bridgehead atoms. The third-order valence-corrected chi connectivity index (χ3v) is 3.96. The van der Waals surface area contributed by atoms with E-state index in [2.05, 4.69) is 10.5 Å². The first-order valence-corrected chi connectivity index (χ1v) is 8.24. The van der Waals surface area contributed by atoms with Crippen LogP contribution in [0.1, 0.15) is 18.1 Å². The summed E-state index contributed by atoms with van der Waals surface area (Å²) < 4.78 is 5.81. The van der Waals surface area contributed by atoms with Crippen molar-refractivity contribution in [3.8, 4) is 11.5 Å². The zero-order chi connectivity index (χ0) is 16.9. The Morgan fingerprint density at radius 3 is 2.16 bits per heavy atom. The number of hydrogen-bond acceptors (Lipinski definition) is 4. The number of ether oxygens (including phenoxy) is 1. The summed E-state index contributed by atoms with van der Waals surface area (Å²) in [5.41, 5.74) is 2.09. The van der Waals surface area contributed by atoms with Gasteiger partial charge in [-0.25, -0.2) is 0 Å². The van der Waals surface area contributed by atoms with E-state index >= 15 is 0 Å². The Morgan fingerprint density at radius 1 is 0.800 bits per heavy atom. The molecule has 124 valence electrons. The van der Waals surface area contributed by atoms with Gasteiger partial charge in [0.2, 0.25) is 0 Å². The van der Waals surface area contributed by atoms with Gasteiger partial charge in [-0.2, -0.15) is 0 Å². The van der Waals surface area contributed by atoms with Gasteiger partial charge in [-0.05, 0) is 42.0 Å². The van der Waals surface area contributed by atoms with Crippen LogP contribution in [0, 0.1) is 0 Å². The van der Waals surface area contributed by atoms with Gasteiger partial charge in [-0.1, -0.05) is 53.7 Å². The number of amidine groups is 1. The molecule has 1 aliphatic rings. The average Bonchev–Trinajstić information content (AvgIpc) is 3.12. The molecular weight excluding hydrogens is 312 g/mol. The van der Waals surface area contributed by atoms with Crippen molar-refractivity contribution in [2.45, 2.75) is 12.5 Å². The van der Waals surface area contributed by atoms with Crippen LogP contribution in [0.3, 0.4) is 0 Å². The van der Waals surface area contributed by atoms with Gasteiger partial charge in [0.25, 0.3) is 0 Å². The van der Waals surface area contributed by atoms with E-state index in [-0.39, 0.29) is 6.10 Å². The number of nitrogens with one attached hydrogen (secondary N) is 1. The van der Waals surface area contributed by atoms with Gasteiger partial charge < -0.3 is 14.9 Å². The maximum absolute atomic E-state index is 5.81. The first-order chi connectivity index (χ1) is 12.4. The van der Waals surface area contributed by atoms with Gasteiger partial charge in [0.15, 0.2) is 11.9 Å². The van der Waals surface area contributed by atoms with Crippen LogP contribution in [0.15, 0.2) is 90.1 Å². The number of nitrogens with zero attached hydrogens (tertiary/aromatic N) is 1. The van der Waals surface area contributed by atoms with Gasteiger partial charge in [0.05, 0.1) is 6.42 Å². The number of oxime groups is 1. The Kier molecular flexibility index (Phi) is 4.33. The van der Waals surface area contributed by atoms with Crippen molar-refractivity contribution in [1.29, 1.82) is 0 Å². The Labute approximate surface area is 146 Å². The van der Waals surface area contributed by atoms with E-state index in [4.69, 9.17) is 9.57 Å². The predicted octanol–water partition coefficient (Wildman–Crippen LogP) is 5.37. The van der Waals surface area contributed by atoms with Crippen LogP contribution in [-0.2, 0) is 4.84 Å². The number of para-hydroxylation sites is 2. The van der Waals surface area contributed by atoms with Gasteiger partial charge >= 0.3 is 0 Å². The van der Waals surface area contributed by atoms with Crippen molar-refractivity contribution in [2.24, 2.45) is 5.16 Å². The van der Waals surface area contributed by atoms with Crippen LogP contribution in [-0.4, -0.2) is 5.84 Å². The summed E-state index contributed by atoms with van der Waals surface area (Å²) >= 11 is 0. The molecule has 1 aliphatic heterocycles. The molecule has 1 heterocycles. The van der Waals surface area contributed by atoms with Crippen molar-refractivity contribution >= 4 is 11.5 Å². The van der Waals surface area contributed by atoms with Crippen molar-refractivity contribution in [3.05, 3.63) is 90.5 Å². The zero-order valence-corrected chi connectivity index (χ0v) is 13.6. The van der Waals surface area contributed by atoms with E-state index in [9.17, 15) is 0 Å². The maximum Gasteiger partial charge on any atom is 0.159 e. The molecule has 0 aromatic heterocycles. The monoisotopic (exact) mass is 330 g/mol. The second-order valence-electron chi connectivity index (χ2n) is 5.81. The van der Waals surface area contributed by atoms with Gasteiger partial charge in [0.1, 0.15) is 11.5 Å². The molecule has 4 nitrogen and oxygen atoms in total. The van der Waals surface area contributed by atoms with Crippen LogP contribution >= 0.6 is 0 Å². The van der Waals surface area contributed by atoms with Crippen molar-refractivity contribution in [2.75, 3.05) is 5.32 Å². The van der Waals surface area contributed by atoms with Gasteiger partial charge in [-0.3, -0.25) is 0 Å². The summed E-state index contributed by atoms with van der Waals surface area (Å²) in [6, 6.07) is 27.7. The second-order valence-corrected chi connectivity index (χ2v) is 5.81. The van der Waals surface area contributed by atoms with Crippen LogP contribution in [0.25, 0.3) is 0 Å². The van der Waals surface area contributed by atoms with E-state index in [1.807, 2.05) is 84.9 Å². The highest BCUT2D eigenvalue weighted by Gasteiger charge is 2.23. The molecule has 4 heteroatoms. The molecule has 0 radical (unpaired) electrons. The average molecular weight is 330 g/mol. The maximum atomic E-state index is 5.81. The molecule has 0 unspecified atom stereocenters. The van der Waals surface area contributed by atoms with Crippen molar-refractivity contribution in [1.82, 2.24) is 0 Å². The lowest BCUT2D eigenvalue weighted by Gasteiger charge is -2.10. The third kappa shape index (κ3) is 3.80. The molecule has 0 fully saturated rings. The molecule has 0 amide bonds. The highest BCUT2D eigenvalue weighted by molar-refractivity contribution is 5.96. The van der Waals surface area contributed by atoms with E-state index in [0.29, 0.717) is 6.42 Å². The summed E-state index contributed by atoms with van der Waals surface area (Å²) in [7, 11) is 0. The molecule has 0 saturated heterocycles. The lowest BCUT2D eigenvalue weighted by molar-refractivity contribution is 0.0857. The van der Waals surface area contributed by atoms with Crippen molar-refractivity contribution in [3.63, 3.8) is 0 Å². The molecular formula is C21H18N2O2. The number of benzene rings is 3. The fourth-order valence-electron chi connectivity index (χ4n) is 2.69. The molecule has 0 aliphatic carbocycles. The molecule has 0 saturated carbocycles. The van der Waals surface area contributed by atoms with Gasteiger partial charge in [0, 0.05) is 5.69 Å². The minimum Gasteiger partial charge on any atom is -0.457 e. The molecule has 25 heavy (non-hydrogen) atoms. The van der Waals surface area contributed by atoms with Crippen molar-refractivity contribution < 1.29 is 9.57 Å². The third-order valence-electron chi connectivity index (χ3n) is 3.96. The highest BCUT2D eigenvalue weighted by atomic mass is 16.6. The summed E-state index contributed by atoms with van der Waals surface area (Å²) in [4.78, 5) is 5.57. The van der Waals surface area contributed by atoms with Crippen LogP contribution < -0.4 is 10.1 Å². The van der Waals surface area contributed by atoms with E-state index in [1.165, 1.54) is 0 Å². The Hall–Kier alpha value is -3.27. The zero-order valence-electron chi connectivity index (χ0n) is 13.6. The van der Waals surface area contributed by atoms with Gasteiger partial charge in [-0.15, -0.1) is 0 Å². The first-order valence-electron chi connectivity index (χ1n) is 8.24. The van der Waals surface area contributed by atoms with Crippen LogP contribution in [0.5, 0.6) is 11.5 Å². The minimum atomic E-state index is -0.0722. The fraction of sp³-hybridized carbons (Fsp3) is 0.0952. The molecule has 0 spiro atoms. The Balaban J connectivity index is 1.37. The standard InChI is InChI=1S/C21H18N2O2/c1-3-7-17(8-4-1)22-21-15-20(25-23-21)16-11-13-19(14-12-16)24-18-9-5-2-6-10-18/h1-14,20H,15H2,(H,22,23)/t20-/m0/s1. The lowest BCUT2D eigenvalue weighted by atomic mass is 10.1. The van der Waals surface area contributed by atoms with E-state index in [0.717, 1.165) is 28.6 Å². The topological polar surface area (TPSA) is 42.9 Å². The Morgan fingerprint density at radius 2 is 1.44 bits per heavy atom. The molecule has 3 aromatic carbocycles. The van der Waals surface area contributed by atoms with E-state index in [1.54, 1.807) is 0 Å². The second kappa shape index (κ2) is 7.09. The number of hydrogen-bond donors (Lipinski definition) is 1. The van der Waals surface area contributed by atoms with E-state index < -0.39 is 0 Å². The quantitative estimate of drug-likeness (QED) is 0.699. The SMILES string of the molecule is c1ccc(NC2=NO[C@H](c3ccc(Oc4ccccc4)cc3)C2)cc1. The molecule has 1 N–H and O–H groups in total. The summed E-state index contributed by atoms with van der Waals surface area (Å²) in [6.07, 6.45) is 0.644. The number of anilines is 1. The molecule has 3 aromatic rings. The number of rotatable bonds is 4. The molecule has 1 atom stereocenters. The van der Waals surface area contributed by atoms with Crippen LogP contribution in [0.4, 0.5) is 5.69 Å². The summed E-state index contributed by atoms with van der Waals surface area (Å²) in [5.74, 6) is 2.46. The minimum absolute atomic E-state index is 0.0722. The summed E-state index contributed by atoms with van der Waals surface area (Å²) in [6.45, 7) is 0. The fourth-order valence-corrected chi connectivity index (χ4v) is 2.69. The predicted molar refractivity (Wildman–Crippen MR) is 98.9 cm³/mol. The summed E-state index contributed by atoms with van der Waals surface area (Å²) in [5, 5.41) is 7.44. The lowest BCUT2D eigenvalue weighted by Crippen LogP contribution is -2.10. The first kappa shape index (κ1) is 15.3. The normalized spacial score (nSPS) is 16.0. The van der Waals surface area contributed by atoms with Crippen LogP contribution in [0.2, 0.25) is 0 Å². The molecule has 4 rings (SSSR count). The largest absolute Gasteiger partial charge is 0.457 e. The smallest absolute Gasteiger partial charge is 0.159 e. The highest BCUT2D eigenvalue weighted by Crippen LogP contribution is 2.30. The Bertz CT molecular complexity index is 846.